The van der Waals surface area contributed by atoms with Gasteiger partial charge < -0.3 is 14.3 Å². The minimum absolute atomic E-state index is 0.258. The van der Waals surface area contributed by atoms with Gasteiger partial charge in [-0.05, 0) is 25.0 Å². The standard InChI is InChI=1S/C14H25NO3/c1-11(2)14(16)10-15(7-8-17-4)9-13-6-5-12(3)18-13/h5-6,11,14,16H,7-10H2,1-4H3. The van der Waals surface area contributed by atoms with Crippen LogP contribution < -0.4 is 0 Å². The highest BCUT2D eigenvalue weighted by atomic mass is 16.5. The highest BCUT2D eigenvalue weighted by molar-refractivity contribution is 5.05. The van der Waals surface area contributed by atoms with Crippen molar-refractivity contribution in [3.8, 4) is 0 Å². The maximum Gasteiger partial charge on any atom is 0.118 e. The molecule has 0 amide bonds. The van der Waals surface area contributed by atoms with Gasteiger partial charge in [0.1, 0.15) is 11.5 Å². The number of methoxy groups -OCH3 is 1. The van der Waals surface area contributed by atoms with Crippen LogP contribution in [-0.2, 0) is 11.3 Å². The van der Waals surface area contributed by atoms with Gasteiger partial charge in [-0.15, -0.1) is 0 Å². The van der Waals surface area contributed by atoms with Crippen molar-refractivity contribution in [3.05, 3.63) is 23.7 Å². The minimum atomic E-state index is -0.321. The normalized spacial score (nSPS) is 13.5. The molecule has 0 radical (unpaired) electrons. The molecule has 0 aliphatic heterocycles. The van der Waals surface area contributed by atoms with Gasteiger partial charge in [0.15, 0.2) is 0 Å². The largest absolute Gasteiger partial charge is 0.465 e. The van der Waals surface area contributed by atoms with E-state index in [0.717, 1.165) is 18.1 Å². The lowest BCUT2D eigenvalue weighted by Gasteiger charge is -2.25. The van der Waals surface area contributed by atoms with E-state index in [0.29, 0.717) is 19.7 Å². The summed E-state index contributed by atoms with van der Waals surface area (Å²) in [6.45, 7) is 8.78. The summed E-state index contributed by atoms with van der Waals surface area (Å²) in [6.07, 6.45) is -0.321. The van der Waals surface area contributed by atoms with Crippen LogP contribution in [0.1, 0.15) is 25.4 Å². The van der Waals surface area contributed by atoms with Gasteiger partial charge in [-0.2, -0.15) is 0 Å². The molecule has 4 nitrogen and oxygen atoms in total. The van der Waals surface area contributed by atoms with Gasteiger partial charge in [-0.1, -0.05) is 13.8 Å². The summed E-state index contributed by atoms with van der Waals surface area (Å²) in [7, 11) is 1.69. The van der Waals surface area contributed by atoms with Gasteiger partial charge in [0.2, 0.25) is 0 Å². The van der Waals surface area contributed by atoms with Gasteiger partial charge in [-0.3, -0.25) is 4.90 Å². The summed E-state index contributed by atoms with van der Waals surface area (Å²) < 4.78 is 10.7. The Morgan fingerprint density at radius 1 is 1.39 bits per heavy atom. The fourth-order valence-corrected chi connectivity index (χ4v) is 1.72. The maximum atomic E-state index is 9.97. The molecule has 1 aromatic heterocycles. The molecule has 1 unspecified atom stereocenters. The molecule has 1 N–H and O–H groups in total. The molecule has 104 valence electrons. The number of rotatable bonds is 8. The summed E-state index contributed by atoms with van der Waals surface area (Å²) in [4.78, 5) is 2.16. The van der Waals surface area contributed by atoms with Crippen molar-refractivity contribution in [1.82, 2.24) is 4.90 Å². The van der Waals surface area contributed by atoms with Crippen molar-refractivity contribution < 1.29 is 14.3 Å². The molecule has 0 aromatic carbocycles. The number of nitrogens with zero attached hydrogens (tertiary/aromatic N) is 1. The maximum absolute atomic E-state index is 9.97. The highest BCUT2D eigenvalue weighted by Crippen LogP contribution is 2.11. The van der Waals surface area contributed by atoms with Crippen LogP contribution in [0.15, 0.2) is 16.5 Å². The average molecular weight is 255 g/mol. The Labute approximate surface area is 110 Å². The molecule has 0 bridgehead atoms. The number of ether oxygens (including phenoxy) is 1. The molecule has 0 aliphatic rings. The molecule has 1 atom stereocenters. The first-order valence-corrected chi connectivity index (χ1v) is 6.47. The molecule has 0 saturated carbocycles. The third-order valence-electron chi connectivity index (χ3n) is 3.00. The van der Waals surface area contributed by atoms with Crippen LogP contribution >= 0.6 is 0 Å². The molecule has 0 spiro atoms. The number of aliphatic hydroxyl groups is 1. The summed E-state index contributed by atoms with van der Waals surface area (Å²) in [5.74, 6) is 2.11. The zero-order valence-electron chi connectivity index (χ0n) is 11.8. The van der Waals surface area contributed by atoms with Crippen molar-refractivity contribution in [3.63, 3.8) is 0 Å². The van der Waals surface area contributed by atoms with Crippen LogP contribution in [0, 0.1) is 12.8 Å². The molecule has 0 saturated heterocycles. The van der Waals surface area contributed by atoms with E-state index in [2.05, 4.69) is 4.90 Å². The molecular weight excluding hydrogens is 230 g/mol. The Morgan fingerprint density at radius 3 is 2.61 bits per heavy atom. The van der Waals surface area contributed by atoms with Crippen LogP contribution in [0.25, 0.3) is 0 Å². The Morgan fingerprint density at radius 2 is 2.11 bits per heavy atom. The predicted octanol–water partition coefficient (Wildman–Crippen LogP) is 2.05. The Bertz CT molecular complexity index is 336. The van der Waals surface area contributed by atoms with Crippen LogP contribution in [0.4, 0.5) is 0 Å². The summed E-state index contributed by atoms with van der Waals surface area (Å²) in [5.41, 5.74) is 0. The summed E-state index contributed by atoms with van der Waals surface area (Å²) in [5, 5.41) is 9.97. The van der Waals surface area contributed by atoms with E-state index in [9.17, 15) is 5.11 Å². The van der Waals surface area contributed by atoms with Crippen LogP contribution in [0.5, 0.6) is 0 Å². The van der Waals surface area contributed by atoms with Crippen LogP contribution in [0.2, 0.25) is 0 Å². The number of furan rings is 1. The topological polar surface area (TPSA) is 45.8 Å². The zero-order valence-corrected chi connectivity index (χ0v) is 11.8. The predicted molar refractivity (Wildman–Crippen MR) is 71.4 cm³/mol. The Balaban J connectivity index is 2.54. The van der Waals surface area contributed by atoms with Gasteiger partial charge in [-0.25, -0.2) is 0 Å². The van der Waals surface area contributed by atoms with E-state index >= 15 is 0 Å². The van der Waals surface area contributed by atoms with Gasteiger partial charge >= 0.3 is 0 Å². The highest BCUT2D eigenvalue weighted by Gasteiger charge is 2.16. The fourth-order valence-electron chi connectivity index (χ4n) is 1.72. The molecular formula is C14H25NO3. The zero-order chi connectivity index (χ0) is 13.5. The SMILES string of the molecule is COCCN(Cc1ccc(C)o1)CC(O)C(C)C. The van der Waals surface area contributed by atoms with E-state index in [1.54, 1.807) is 7.11 Å². The smallest absolute Gasteiger partial charge is 0.118 e. The molecule has 4 heteroatoms. The van der Waals surface area contributed by atoms with Crippen molar-refractivity contribution in [2.24, 2.45) is 5.92 Å². The minimum Gasteiger partial charge on any atom is -0.465 e. The lowest BCUT2D eigenvalue weighted by molar-refractivity contribution is 0.0562. The first kappa shape index (κ1) is 15.2. The van der Waals surface area contributed by atoms with Gasteiger partial charge in [0, 0.05) is 20.2 Å². The summed E-state index contributed by atoms with van der Waals surface area (Å²) in [6, 6.07) is 3.94. The molecule has 1 heterocycles. The second-order valence-electron chi connectivity index (χ2n) is 5.05. The van der Waals surface area contributed by atoms with Crippen molar-refractivity contribution in [2.45, 2.75) is 33.4 Å². The Kier molecular flexibility index (Phi) is 6.39. The molecule has 0 fully saturated rings. The van der Waals surface area contributed by atoms with Crippen molar-refractivity contribution in [2.75, 3.05) is 26.8 Å². The summed E-state index contributed by atoms with van der Waals surface area (Å²) >= 11 is 0. The van der Waals surface area contributed by atoms with E-state index in [-0.39, 0.29) is 12.0 Å². The van der Waals surface area contributed by atoms with Crippen molar-refractivity contribution >= 4 is 0 Å². The lowest BCUT2D eigenvalue weighted by atomic mass is 10.1. The molecule has 1 rings (SSSR count). The van der Waals surface area contributed by atoms with Crippen molar-refractivity contribution in [1.29, 1.82) is 0 Å². The van der Waals surface area contributed by atoms with Crippen LogP contribution in [-0.4, -0.2) is 42.9 Å². The lowest BCUT2D eigenvalue weighted by Crippen LogP contribution is -2.36. The van der Waals surface area contributed by atoms with E-state index in [1.165, 1.54) is 0 Å². The number of aliphatic hydroxyl groups excluding tert-OH is 1. The Hall–Kier alpha value is -0.840. The quantitative estimate of drug-likeness (QED) is 0.772. The van der Waals surface area contributed by atoms with Crippen LogP contribution in [0.3, 0.4) is 0 Å². The molecule has 0 aliphatic carbocycles. The molecule has 18 heavy (non-hydrogen) atoms. The number of aryl methyl sites for hydroxylation is 1. The third kappa shape index (κ3) is 5.21. The molecule has 1 aromatic rings. The first-order valence-electron chi connectivity index (χ1n) is 6.47. The second kappa shape index (κ2) is 7.56. The van der Waals surface area contributed by atoms with Gasteiger partial charge in [0.05, 0.1) is 19.3 Å². The van der Waals surface area contributed by atoms with E-state index in [1.807, 2.05) is 32.9 Å². The fraction of sp³-hybridized carbons (Fsp3) is 0.714. The van der Waals surface area contributed by atoms with E-state index in [4.69, 9.17) is 9.15 Å². The third-order valence-corrected chi connectivity index (χ3v) is 3.00. The van der Waals surface area contributed by atoms with Gasteiger partial charge in [0.25, 0.3) is 0 Å². The number of hydrogen-bond acceptors (Lipinski definition) is 4. The van der Waals surface area contributed by atoms with E-state index < -0.39 is 0 Å². The average Bonchev–Trinajstić information content (AvgIpc) is 2.71. The first-order chi connectivity index (χ1) is 8.52. The number of hydrogen-bond donors (Lipinski definition) is 1. The monoisotopic (exact) mass is 255 g/mol. The second-order valence-corrected chi connectivity index (χ2v) is 5.05.